The van der Waals surface area contributed by atoms with Gasteiger partial charge in [-0.15, -0.1) is 0 Å². The molecule has 0 bridgehead atoms. The van der Waals surface area contributed by atoms with Crippen LogP contribution in [0.1, 0.15) is 26.7 Å². The summed E-state index contributed by atoms with van der Waals surface area (Å²) in [5.74, 6) is 0.214. The highest BCUT2D eigenvalue weighted by Gasteiger charge is 2.25. The van der Waals surface area contributed by atoms with Crippen molar-refractivity contribution in [3.8, 4) is 0 Å². The summed E-state index contributed by atoms with van der Waals surface area (Å²) in [7, 11) is 0. The molecule has 1 aromatic carbocycles. The fourth-order valence-electron chi connectivity index (χ4n) is 2.43. The summed E-state index contributed by atoms with van der Waals surface area (Å²) in [5, 5.41) is 3.04. The van der Waals surface area contributed by atoms with E-state index in [1.165, 1.54) is 12.1 Å². The zero-order valence-electron chi connectivity index (χ0n) is 11.2. The molecule has 3 heteroatoms. The maximum Gasteiger partial charge on any atom is 0.222 e. The Morgan fingerprint density at radius 3 is 2.78 bits per heavy atom. The molecular weight excluding hydrogens is 224 g/mol. The lowest BCUT2D eigenvalue weighted by Crippen LogP contribution is -2.41. The quantitative estimate of drug-likeness (QED) is 0.885. The van der Waals surface area contributed by atoms with Gasteiger partial charge in [-0.3, -0.25) is 4.79 Å². The molecule has 0 spiro atoms. The van der Waals surface area contributed by atoms with Crippen LogP contribution in [0.25, 0.3) is 0 Å². The minimum absolute atomic E-state index is 0.0663. The molecule has 0 aliphatic carbocycles. The maximum absolute atomic E-state index is 11.6. The van der Waals surface area contributed by atoms with Crippen LogP contribution in [0.5, 0.6) is 0 Å². The second-order valence-corrected chi connectivity index (χ2v) is 5.22. The first-order valence-electron chi connectivity index (χ1n) is 6.78. The van der Waals surface area contributed by atoms with E-state index in [9.17, 15) is 4.79 Å². The zero-order valence-corrected chi connectivity index (χ0v) is 11.2. The normalized spacial score (nSPS) is 19.3. The molecule has 1 atom stereocenters. The van der Waals surface area contributed by atoms with Crippen LogP contribution in [0.15, 0.2) is 30.3 Å². The summed E-state index contributed by atoms with van der Waals surface area (Å²) in [4.78, 5) is 14.0. The van der Waals surface area contributed by atoms with E-state index in [2.05, 4.69) is 34.5 Å². The lowest BCUT2D eigenvalue weighted by Gasteiger charge is -2.27. The highest BCUT2D eigenvalue weighted by atomic mass is 16.1. The van der Waals surface area contributed by atoms with Gasteiger partial charge in [-0.2, -0.15) is 0 Å². The van der Waals surface area contributed by atoms with Crippen LogP contribution in [0, 0.1) is 5.92 Å². The lowest BCUT2D eigenvalue weighted by molar-refractivity contribution is -0.124. The first kappa shape index (κ1) is 12.9. The topological polar surface area (TPSA) is 32.3 Å². The molecule has 1 unspecified atom stereocenters. The maximum atomic E-state index is 11.6. The summed E-state index contributed by atoms with van der Waals surface area (Å²) in [6, 6.07) is 10.9. The number of carbonyl (C=O) groups is 1. The van der Waals surface area contributed by atoms with Crippen molar-refractivity contribution in [2.45, 2.75) is 32.7 Å². The number of rotatable bonds is 4. The number of benzene rings is 1. The van der Waals surface area contributed by atoms with E-state index < -0.39 is 0 Å². The van der Waals surface area contributed by atoms with Crippen LogP contribution in [-0.4, -0.2) is 25.0 Å². The molecule has 1 aliphatic rings. The molecule has 1 fully saturated rings. The molecule has 98 valence electrons. The van der Waals surface area contributed by atoms with Gasteiger partial charge in [0.15, 0.2) is 0 Å². The Morgan fingerprint density at radius 1 is 1.39 bits per heavy atom. The van der Waals surface area contributed by atoms with E-state index >= 15 is 0 Å². The fourth-order valence-corrected chi connectivity index (χ4v) is 2.43. The molecule has 1 aliphatic heterocycles. The molecule has 1 N–H and O–H groups in total. The van der Waals surface area contributed by atoms with Crippen molar-refractivity contribution < 1.29 is 4.79 Å². The molecule has 18 heavy (non-hydrogen) atoms. The second-order valence-electron chi connectivity index (χ2n) is 5.22. The molecule has 1 amide bonds. The minimum atomic E-state index is 0.0663. The van der Waals surface area contributed by atoms with E-state index in [0.717, 1.165) is 19.5 Å². The van der Waals surface area contributed by atoms with E-state index in [-0.39, 0.29) is 11.8 Å². The SMILES string of the molecule is CC(C)C(=O)NCC1CCCN1c1ccccc1. The van der Waals surface area contributed by atoms with Gasteiger partial charge in [0.25, 0.3) is 0 Å². The summed E-state index contributed by atoms with van der Waals surface area (Å²) in [6.07, 6.45) is 2.37. The van der Waals surface area contributed by atoms with Gasteiger partial charge < -0.3 is 10.2 Å². The molecule has 0 aromatic heterocycles. The van der Waals surface area contributed by atoms with Gasteiger partial charge in [0.1, 0.15) is 0 Å². The van der Waals surface area contributed by atoms with Gasteiger partial charge in [0.05, 0.1) is 0 Å². The summed E-state index contributed by atoms with van der Waals surface area (Å²) < 4.78 is 0. The van der Waals surface area contributed by atoms with Crippen molar-refractivity contribution in [3.05, 3.63) is 30.3 Å². The first-order chi connectivity index (χ1) is 8.68. The third-order valence-electron chi connectivity index (χ3n) is 3.50. The Labute approximate surface area is 109 Å². The fraction of sp³-hybridized carbons (Fsp3) is 0.533. The van der Waals surface area contributed by atoms with Crippen LogP contribution in [0.2, 0.25) is 0 Å². The number of hydrogen-bond donors (Lipinski definition) is 1. The average Bonchev–Trinajstić information content (AvgIpc) is 2.85. The monoisotopic (exact) mass is 246 g/mol. The molecule has 3 nitrogen and oxygen atoms in total. The highest BCUT2D eigenvalue weighted by molar-refractivity contribution is 5.77. The van der Waals surface area contributed by atoms with Crippen molar-refractivity contribution in [2.75, 3.05) is 18.0 Å². The third kappa shape index (κ3) is 3.03. The molecular formula is C15H22N2O. The van der Waals surface area contributed by atoms with E-state index in [1.54, 1.807) is 0 Å². The Balaban J connectivity index is 1.94. The van der Waals surface area contributed by atoms with Crippen LogP contribution in [0.3, 0.4) is 0 Å². The Bertz CT molecular complexity index is 389. The lowest BCUT2D eigenvalue weighted by atomic mass is 10.1. The molecule has 1 heterocycles. The number of para-hydroxylation sites is 1. The van der Waals surface area contributed by atoms with Gasteiger partial charge in [0.2, 0.25) is 5.91 Å². The number of anilines is 1. The number of nitrogens with zero attached hydrogens (tertiary/aromatic N) is 1. The Hall–Kier alpha value is -1.51. The van der Waals surface area contributed by atoms with Gasteiger partial charge >= 0.3 is 0 Å². The van der Waals surface area contributed by atoms with E-state index in [4.69, 9.17) is 0 Å². The van der Waals surface area contributed by atoms with Gasteiger partial charge in [-0.1, -0.05) is 32.0 Å². The van der Waals surface area contributed by atoms with E-state index in [1.807, 2.05) is 19.9 Å². The molecule has 2 rings (SSSR count). The van der Waals surface area contributed by atoms with Crippen molar-refractivity contribution in [1.29, 1.82) is 0 Å². The Kier molecular flexibility index (Phi) is 4.24. The van der Waals surface area contributed by atoms with Crippen molar-refractivity contribution >= 4 is 11.6 Å². The van der Waals surface area contributed by atoms with Crippen molar-refractivity contribution in [3.63, 3.8) is 0 Å². The van der Waals surface area contributed by atoms with Gasteiger partial charge in [0, 0.05) is 30.7 Å². The predicted molar refractivity (Wildman–Crippen MR) is 74.7 cm³/mol. The summed E-state index contributed by atoms with van der Waals surface area (Å²) >= 11 is 0. The largest absolute Gasteiger partial charge is 0.367 e. The molecule has 0 saturated carbocycles. The van der Waals surface area contributed by atoms with Gasteiger partial charge in [-0.05, 0) is 25.0 Å². The number of hydrogen-bond acceptors (Lipinski definition) is 2. The predicted octanol–water partition coefficient (Wildman–Crippen LogP) is 2.43. The van der Waals surface area contributed by atoms with Crippen LogP contribution < -0.4 is 10.2 Å². The van der Waals surface area contributed by atoms with Crippen molar-refractivity contribution in [2.24, 2.45) is 5.92 Å². The van der Waals surface area contributed by atoms with Crippen LogP contribution in [0.4, 0.5) is 5.69 Å². The number of carbonyl (C=O) groups excluding carboxylic acids is 1. The zero-order chi connectivity index (χ0) is 13.0. The van der Waals surface area contributed by atoms with E-state index in [0.29, 0.717) is 6.04 Å². The number of amides is 1. The summed E-state index contributed by atoms with van der Waals surface area (Å²) in [6.45, 7) is 5.70. The second kappa shape index (κ2) is 5.89. The number of nitrogens with one attached hydrogen (secondary N) is 1. The third-order valence-corrected chi connectivity index (χ3v) is 3.50. The standard InChI is InChI=1S/C15H22N2O/c1-12(2)15(18)16-11-14-9-6-10-17(14)13-7-4-3-5-8-13/h3-5,7-8,12,14H,6,9-11H2,1-2H3,(H,16,18). The highest BCUT2D eigenvalue weighted by Crippen LogP contribution is 2.24. The van der Waals surface area contributed by atoms with Gasteiger partial charge in [-0.25, -0.2) is 0 Å². The van der Waals surface area contributed by atoms with Crippen molar-refractivity contribution in [1.82, 2.24) is 5.32 Å². The smallest absolute Gasteiger partial charge is 0.222 e. The first-order valence-corrected chi connectivity index (χ1v) is 6.78. The van der Waals surface area contributed by atoms with Crippen LogP contribution in [-0.2, 0) is 4.79 Å². The molecule has 0 radical (unpaired) electrons. The van der Waals surface area contributed by atoms with Crippen LogP contribution >= 0.6 is 0 Å². The average molecular weight is 246 g/mol. The summed E-state index contributed by atoms with van der Waals surface area (Å²) in [5.41, 5.74) is 1.26. The molecule has 1 saturated heterocycles. The minimum Gasteiger partial charge on any atom is -0.367 e. The molecule has 1 aromatic rings. The Morgan fingerprint density at radius 2 is 2.11 bits per heavy atom.